The molecule has 3 aromatic rings. The Hall–Kier alpha value is -1.80. The van der Waals surface area contributed by atoms with Crippen molar-refractivity contribution < 1.29 is 8.42 Å². The van der Waals surface area contributed by atoms with Crippen molar-refractivity contribution in [2.75, 3.05) is 31.1 Å². The Balaban J connectivity index is 1.21. The number of rotatable bonds is 8. The molecule has 1 unspecified atom stereocenters. The largest absolute Gasteiger partial charge is 0.364 e. The number of nitrogens with zero attached hydrogens (tertiary/aromatic N) is 2. The summed E-state index contributed by atoms with van der Waals surface area (Å²) >= 11 is 18.9. The van der Waals surface area contributed by atoms with Crippen molar-refractivity contribution in [2.24, 2.45) is 5.92 Å². The number of hydrogen-bond acceptors (Lipinski definition) is 4. The van der Waals surface area contributed by atoms with Gasteiger partial charge in [0.15, 0.2) is 0 Å². The van der Waals surface area contributed by atoms with Crippen LogP contribution in [0.3, 0.4) is 0 Å². The van der Waals surface area contributed by atoms with Crippen molar-refractivity contribution >= 4 is 50.5 Å². The average molecular weight is 607 g/mol. The number of benzene rings is 3. The van der Waals surface area contributed by atoms with Gasteiger partial charge in [0.2, 0.25) is 10.0 Å². The van der Waals surface area contributed by atoms with Crippen LogP contribution in [0.25, 0.3) is 0 Å². The maximum atomic E-state index is 13.3. The Labute approximate surface area is 247 Å². The SMILES string of the molecule is O=S(=O)(NC[C@@H]1CCC(c2ccc(Cl)cc2Cl)N(c2ccc(Cl)cc2)C1)C1CCN(Cc2ccccc2)CC1. The number of anilines is 1. The molecule has 208 valence electrons. The van der Waals surface area contributed by atoms with Crippen LogP contribution in [0.15, 0.2) is 72.8 Å². The molecular formula is C30H34Cl3N3O2S. The van der Waals surface area contributed by atoms with Crippen LogP contribution in [0.5, 0.6) is 0 Å². The van der Waals surface area contributed by atoms with Gasteiger partial charge in [0, 0.05) is 40.4 Å². The van der Waals surface area contributed by atoms with Crippen molar-refractivity contribution in [1.82, 2.24) is 9.62 Å². The molecule has 0 amide bonds. The lowest BCUT2D eigenvalue weighted by molar-refractivity contribution is 0.221. The summed E-state index contributed by atoms with van der Waals surface area (Å²) in [6.45, 7) is 3.58. The van der Waals surface area contributed by atoms with Gasteiger partial charge in [0.1, 0.15) is 0 Å². The van der Waals surface area contributed by atoms with E-state index in [-0.39, 0.29) is 17.2 Å². The molecule has 2 saturated heterocycles. The molecule has 5 nitrogen and oxygen atoms in total. The van der Waals surface area contributed by atoms with Crippen LogP contribution in [-0.2, 0) is 16.6 Å². The molecule has 1 N–H and O–H groups in total. The van der Waals surface area contributed by atoms with Crippen molar-refractivity contribution in [3.05, 3.63) is 99.0 Å². The molecule has 2 heterocycles. The van der Waals surface area contributed by atoms with E-state index in [0.29, 0.717) is 41.0 Å². The normalized spacial score (nSPS) is 21.3. The lowest BCUT2D eigenvalue weighted by Crippen LogP contribution is -2.46. The quantitative estimate of drug-likeness (QED) is 0.295. The number of likely N-dealkylation sites (tertiary alicyclic amines) is 1. The first kappa shape index (κ1) is 28.7. The smallest absolute Gasteiger partial charge is 0.214 e. The van der Waals surface area contributed by atoms with Crippen LogP contribution in [-0.4, -0.2) is 44.7 Å². The minimum Gasteiger partial charge on any atom is -0.364 e. The molecule has 0 saturated carbocycles. The van der Waals surface area contributed by atoms with Gasteiger partial charge >= 0.3 is 0 Å². The molecule has 2 aliphatic rings. The van der Waals surface area contributed by atoms with E-state index in [1.807, 2.05) is 54.6 Å². The van der Waals surface area contributed by atoms with Gasteiger partial charge in [-0.05, 0) is 92.2 Å². The van der Waals surface area contributed by atoms with Gasteiger partial charge in [-0.2, -0.15) is 0 Å². The second-order valence-electron chi connectivity index (χ2n) is 10.6. The Morgan fingerprint density at radius 1 is 0.821 bits per heavy atom. The molecule has 0 spiro atoms. The lowest BCUT2D eigenvalue weighted by atomic mass is 9.88. The molecule has 0 bridgehead atoms. The Morgan fingerprint density at radius 2 is 1.51 bits per heavy atom. The van der Waals surface area contributed by atoms with Gasteiger partial charge in [0.25, 0.3) is 0 Å². The third-order valence-corrected chi connectivity index (χ3v) is 10.7. The highest BCUT2D eigenvalue weighted by Crippen LogP contribution is 2.40. The zero-order chi connectivity index (χ0) is 27.4. The maximum absolute atomic E-state index is 13.3. The standard InChI is InChI=1S/C30H34Cl3N3O2S/c31-24-7-10-26(11-8-24)36-21-23(6-13-30(36)28-12-9-25(32)18-29(28)33)19-34-39(37,38)27-14-16-35(17-15-27)20-22-4-2-1-3-5-22/h1-5,7-12,18,23,27,30,34H,6,13-17,19-21H2/t23-,30?/m0/s1. The zero-order valence-corrected chi connectivity index (χ0v) is 24.9. The molecule has 0 aliphatic carbocycles. The van der Waals surface area contributed by atoms with Gasteiger partial charge < -0.3 is 4.90 Å². The summed E-state index contributed by atoms with van der Waals surface area (Å²) in [4.78, 5) is 4.66. The third-order valence-electron chi connectivity index (χ3n) is 7.95. The summed E-state index contributed by atoms with van der Waals surface area (Å²) in [5.74, 6) is 0.177. The van der Waals surface area contributed by atoms with Gasteiger partial charge in [-0.15, -0.1) is 0 Å². The summed E-state index contributed by atoms with van der Waals surface area (Å²) in [6.07, 6.45) is 3.06. The maximum Gasteiger partial charge on any atom is 0.214 e. The molecule has 9 heteroatoms. The van der Waals surface area contributed by atoms with E-state index in [9.17, 15) is 8.42 Å². The lowest BCUT2D eigenvalue weighted by Gasteiger charge is -2.42. The highest BCUT2D eigenvalue weighted by atomic mass is 35.5. The topological polar surface area (TPSA) is 52.7 Å². The molecule has 0 aromatic heterocycles. The predicted molar refractivity (Wildman–Crippen MR) is 162 cm³/mol. The minimum atomic E-state index is -3.39. The Kier molecular flexibility index (Phi) is 9.42. The van der Waals surface area contributed by atoms with Crippen LogP contribution in [0.4, 0.5) is 5.69 Å². The summed E-state index contributed by atoms with van der Waals surface area (Å²) in [5.41, 5.74) is 3.32. The van der Waals surface area contributed by atoms with Crippen molar-refractivity contribution in [1.29, 1.82) is 0 Å². The monoisotopic (exact) mass is 605 g/mol. The van der Waals surface area contributed by atoms with E-state index in [4.69, 9.17) is 34.8 Å². The molecule has 3 aromatic carbocycles. The number of nitrogens with one attached hydrogen (secondary N) is 1. The average Bonchev–Trinajstić information content (AvgIpc) is 2.93. The molecule has 2 aliphatic heterocycles. The van der Waals surface area contributed by atoms with Crippen LogP contribution < -0.4 is 9.62 Å². The summed E-state index contributed by atoms with van der Waals surface area (Å²) in [7, 11) is -3.39. The Morgan fingerprint density at radius 3 is 2.21 bits per heavy atom. The molecule has 2 atom stereocenters. The van der Waals surface area contributed by atoms with Crippen molar-refractivity contribution in [3.63, 3.8) is 0 Å². The first-order valence-electron chi connectivity index (χ1n) is 13.5. The van der Waals surface area contributed by atoms with Crippen LogP contribution in [0.2, 0.25) is 15.1 Å². The van der Waals surface area contributed by atoms with Crippen LogP contribution in [0, 0.1) is 5.92 Å². The molecule has 0 radical (unpaired) electrons. The van der Waals surface area contributed by atoms with Crippen molar-refractivity contribution in [3.8, 4) is 0 Å². The minimum absolute atomic E-state index is 0.0674. The summed E-state index contributed by atoms with van der Waals surface area (Å²) < 4.78 is 29.5. The first-order chi connectivity index (χ1) is 18.8. The van der Waals surface area contributed by atoms with E-state index in [2.05, 4.69) is 26.7 Å². The van der Waals surface area contributed by atoms with E-state index < -0.39 is 10.0 Å². The van der Waals surface area contributed by atoms with E-state index in [1.54, 1.807) is 6.07 Å². The molecule has 2 fully saturated rings. The second kappa shape index (κ2) is 12.8. The van der Waals surface area contributed by atoms with E-state index >= 15 is 0 Å². The van der Waals surface area contributed by atoms with Crippen LogP contribution >= 0.6 is 34.8 Å². The first-order valence-corrected chi connectivity index (χ1v) is 16.2. The predicted octanol–water partition coefficient (Wildman–Crippen LogP) is 7.19. The fourth-order valence-corrected chi connectivity index (χ4v) is 7.99. The van der Waals surface area contributed by atoms with Crippen LogP contribution in [0.1, 0.15) is 42.9 Å². The van der Waals surface area contributed by atoms with E-state index in [1.165, 1.54) is 5.56 Å². The number of piperidine rings is 2. The highest BCUT2D eigenvalue weighted by Gasteiger charge is 2.34. The highest BCUT2D eigenvalue weighted by molar-refractivity contribution is 7.90. The van der Waals surface area contributed by atoms with Gasteiger partial charge in [-0.1, -0.05) is 71.2 Å². The molecule has 39 heavy (non-hydrogen) atoms. The fourth-order valence-electron chi connectivity index (χ4n) is 5.80. The fraction of sp³-hybridized carbons (Fsp3) is 0.400. The third kappa shape index (κ3) is 7.29. The van der Waals surface area contributed by atoms with Gasteiger partial charge in [0.05, 0.1) is 11.3 Å². The van der Waals surface area contributed by atoms with Gasteiger partial charge in [-0.3, -0.25) is 4.90 Å². The van der Waals surface area contributed by atoms with Gasteiger partial charge in [-0.25, -0.2) is 13.1 Å². The van der Waals surface area contributed by atoms with Crippen molar-refractivity contribution in [2.45, 2.75) is 43.5 Å². The summed E-state index contributed by atoms with van der Waals surface area (Å²) in [5, 5.41) is 1.58. The molecular weight excluding hydrogens is 573 g/mol. The molecule has 5 rings (SSSR count). The number of sulfonamides is 1. The second-order valence-corrected chi connectivity index (χ2v) is 13.9. The Bertz CT molecular complexity index is 1350. The zero-order valence-electron chi connectivity index (χ0n) is 21.8. The number of hydrogen-bond donors (Lipinski definition) is 1. The van der Waals surface area contributed by atoms with E-state index in [0.717, 1.165) is 43.7 Å². The summed E-state index contributed by atoms with van der Waals surface area (Å²) in [6, 6.07) is 23.8. The number of halogens is 3.